The summed E-state index contributed by atoms with van der Waals surface area (Å²) in [5.74, 6) is 0.429. The Morgan fingerprint density at radius 1 is 1.33 bits per heavy atom. The van der Waals surface area contributed by atoms with Crippen molar-refractivity contribution in [3.8, 4) is 6.07 Å². The lowest BCUT2D eigenvalue weighted by Gasteiger charge is -2.31. The number of nitrogens with one attached hydrogen (secondary N) is 1. The molecule has 0 radical (unpaired) electrons. The molecule has 1 aromatic carbocycles. The van der Waals surface area contributed by atoms with E-state index in [1.54, 1.807) is 6.20 Å². The zero-order valence-corrected chi connectivity index (χ0v) is 14.5. The summed E-state index contributed by atoms with van der Waals surface area (Å²) in [6.45, 7) is 4.52. The van der Waals surface area contributed by atoms with Gasteiger partial charge in [0.15, 0.2) is 0 Å². The summed E-state index contributed by atoms with van der Waals surface area (Å²) < 4.78 is 0. The van der Waals surface area contributed by atoms with E-state index in [1.807, 2.05) is 12.1 Å². The van der Waals surface area contributed by atoms with E-state index in [-0.39, 0.29) is 11.5 Å². The topological polar surface area (TPSA) is 56.1 Å². The summed E-state index contributed by atoms with van der Waals surface area (Å²) in [6, 6.07) is 12.6. The van der Waals surface area contributed by atoms with Gasteiger partial charge in [0.25, 0.3) is 5.91 Å². The first-order chi connectivity index (χ1) is 11.7. The molecule has 0 atom stereocenters. The molecule has 1 heterocycles. The molecule has 2 rings (SSSR count). The van der Waals surface area contributed by atoms with Crippen molar-refractivity contribution in [3.05, 3.63) is 47.7 Å². The molecule has 0 saturated carbocycles. The summed E-state index contributed by atoms with van der Waals surface area (Å²) in [6.07, 6.45) is 7.01. The van der Waals surface area contributed by atoms with Gasteiger partial charge in [-0.15, -0.1) is 0 Å². The van der Waals surface area contributed by atoms with E-state index >= 15 is 0 Å². The number of hydrogen-bond donors (Lipinski definition) is 1. The number of benzene rings is 1. The van der Waals surface area contributed by atoms with Gasteiger partial charge < -0.3 is 10.2 Å². The van der Waals surface area contributed by atoms with Crippen LogP contribution in [-0.4, -0.2) is 30.4 Å². The molecule has 1 aliphatic heterocycles. The molecule has 1 fully saturated rings. The van der Waals surface area contributed by atoms with Gasteiger partial charge in [-0.1, -0.05) is 43.7 Å². The van der Waals surface area contributed by atoms with Crippen molar-refractivity contribution in [2.75, 3.05) is 19.6 Å². The third kappa shape index (κ3) is 5.73. The van der Waals surface area contributed by atoms with Gasteiger partial charge in [-0.05, 0) is 37.2 Å². The predicted octanol–water partition coefficient (Wildman–Crippen LogP) is 3.26. The fourth-order valence-corrected chi connectivity index (χ4v) is 3.03. The van der Waals surface area contributed by atoms with Gasteiger partial charge >= 0.3 is 0 Å². The number of carbonyl (C=O) groups is 1. The van der Waals surface area contributed by atoms with E-state index < -0.39 is 0 Å². The van der Waals surface area contributed by atoms with E-state index in [0.717, 1.165) is 45.2 Å². The number of nitrogens with zero attached hydrogens (tertiary/aromatic N) is 2. The highest BCUT2D eigenvalue weighted by molar-refractivity contribution is 5.97. The van der Waals surface area contributed by atoms with E-state index in [2.05, 4.69) is 41.4 Å². The van der Waals surface area contributed by atoms with Crippen LogP contribution in [0.3, 0.4) is 0 Å². The first-order valence-electron chi connectivity index (χ1n) is 8.91. The molecular weight excluding hydrogens is 298 g/mol. The maximum atomic E-state index is 12.0. The zero-order chi connectivity index (χ0) is 17.2. The van der Waals surface area contributed by atoms with E-state index in [9.17, 15) is 10.1 Å². The van der Waals surface area contributed by atoms with Crippen LogP contribution in [0.15, 0.2) is 42.1 Å². The van der Waals surface area contributed by atoms with Crippen LogP contribution in [0.1, 0.15) is 38.2 Å². The number of piperidine rings is 1. The monoisotopic (exact) mass is 325 g/mol. The molecule has 128 valence electrons. The molecule has 0 bridgehead atoms. The Bertz CT molecular complexity index is 581. The normalized spacial score (nSPS) is 15.8. The highest BCUT2D eigenvalue weighted by Gasteiger charge is 2.19. The van der Waals surface area contributed by atoms with Crippen molar-refractivity contribution in [2.45, 2.75) is 39.0 Å². The Hall–Kier alpha value is -2.28. The van der Waals surface area contributed by atoms with Gasteiger partial charge in [0, 0.05) is 25.8 Å². The Kier molecular flexibility index (Phi) is 7.35. The van der Waals surface area contributed by atoms with Crippen LogP contribution in [0, 0.1) is 17.2 Å². The first kappa shape index (κ1) is 18.1. The van der Waals surface area contributed by atoms with Crippen LogP contribution < -0.4 is 5.32 Å². The fraction of sp³-hybridized carbons (Fsp3) is 0.500. The third-order valence-corrected chi connectivity index (χ3v) is 4.51. The number of amides is 1. The minimum absolute atomic E-state index is 0.215. The highest BCUT2D eigenvalue weighted by Crippen LogP contribution is 2.22. The smallest absolute Gasteiger partial charge is 0.263 e. The average molecular weight is 325 g/mol. The Morgan fingerprint density at radius 3 is 2.67 bits per heavy atom. The Morgan fingerprint density at radius 2 is 2.04 bits per heavy atom. The lowest BCUT2D eigenvalue weighted by molar-refractivity contribution is -0.117. The average Bonchev–Trinajstić information content (AvgIpc) is 2.62. The van der Waals surface area contributed by atoms with Gasteiger partial charge in [0.1, 0.15) is 11.6 Å². The largest absolute Gasteiger partial charge is 0.376 e. The molecule has 4 nitrogen and oxygen atoms in total. The molecule has 1 N–H and O–H groups in total. The van der Waals surface area contributed by atoms with Crippen molar-refractivity contribution in [1.82, 2.24) is 10.2 Å². The summed E-state index contributed by atoms with van der Waals surface area (Å²) in [4.78, 5) is 14.1. The molecule has 24 heavy (non-hydrogen) atoms. The molecule has 1 aliphatic rings. The maximum absolute atomic E-state index is 12.0. The van der Waals surface area contributed by atoms with Crippen LogP contribution in [-0.2, 0) is 11.2 Å². The zero-order valence-electron chi connectivity index (χ0n) is 14.5. The molecule has 0 aliphatic carbocycles. The van der Waals surface area contributed by atoms with Gasteiger partial charge in [-0.25, -0.2) is 0 Å². The molecule has 1 aromatic rings. The molecule has 1 saturated heterocycles. The number of carbonyl (C=O) groups excluding carboxylic acids is 1. The Labute approximate surface area is 145 Å². The summed E-state index contributed by atoms with van der Waals surface area (Å²) in [5.41, 5.74) is 1.60. The molecular formula is C20H27N3O. The molecule has 1 amide bonds. The molecule has 0 unspecified atom stereocenters. The van der Waals surface area contributed by atoms with E-state index in [1.165, 1.54) is 5.56 Å². The minimum atomic E-state index is -0.252. The third-order valence-electron chi connectivity index (χ3n) is 4.51. The highest BCUT2D eigenvalue weighted by atomic mass is 16.1. The number of nitriles is 1. The first-order valence-corrected chi connectivity index (χ1v) is 8.91. The van der Waals surface area contributed by atoms with Crippen molar-refractivity contribution in [1.29, 1.82) is 5.26 Å². The summed E-state index contributed by atoms with van der Waals surface area (Å²) in [7, 11) is 0. The number of likely N-dealkylation sites (tertiary alicyclic amines) is 1. The molecule has 0 spiro atoms. The van der Waals surface area contributed by atoms with Crippen LogP contribution in [0.5, 0.6) is 0 Å². The van der Waals surface area contributed by atoms with Crippen LogP contribution in [0.2, 0.25) is 0 Å². The van der Waals surface area contributed by atoms with Gasteiger partial charge in [0.05, 0.1) is 0 Å². The second-order valence-corrected chi connectivity index (χ2v) is 6.43. The van der Waals surface area contributed by atoms with Crippen LogP contribution >= 0.6 is 0 Å². The van der Waals surface area contributed by atoms with Gasteiger partial charge in [-0.2, -0.15) is 5.26 Å². The lowest BCUT2D eigenvalue weighted by atomic mass is 9.90. The molecule has 4 heteroatoms. The summed E-state index contributed by atoms with van der Waals surface area (Å²) >= 11 is 0. The lowest BCUT2D eigenvalue weighted by Crippen LogP contribution is -2.32. The standard InChI is InChI=1S/C20H27N3O/c1-2-3-11-22-20(24)19(15-21)16-23-12-9-18(10-13-23)14-17-7-5-4-6-8-17/h4-8,16,18H,2-3,9-14H2,1H3,(H,22,24)/b19-16-. The summed E-state index contributed by atoms with van der Waals surface area (Å²) in [5, 5.41) is 12.0. The second kappa shape index (κ2) is 9.77. The maximum Gasteiger partial charge on any atom is 0.263 e. The number of hydrogen-bond acceptors (Lipinski definition) is 3. The minimum Gasteiger partial charge on any atom is -0.376 e. The van der Waals surface area contributed by atoms with E-state index in [4.69, 9.17) is 0 Å². The van der Waals surface area contributed by atoms with Gasteiger partial charge in [0.2, 0.25) is 0 Å². The van der Waals surface area contributed by atoms with Crippen LogP contribution in [0.4, 0.5) is 0 Å². The fourth-order valence-electron chi connectivity index (χ4n) is 3.03. The van der Waals surface area contributed by atoms with Crippen molar-refractivity contribution in [3.63, 3.8) is 0 Å². The second-order valence-electron chi connectivity index (χ2n) is 6.43. The van der Waals surface area contributed by atoms with E-state index in [0.29, 0.717) is 12.5 Å². The Balaban J connectivity index is 1.82. The van der Waals surface area contributed by atoms with Crippen molar-refractivity contribution in [2.24, 2.45) is 5.92 Å². The molecule has 0 aromatic heterocycles. The van der Waals surface area contributed by atoms with Crippen molar-refractivity contribution < 1.29 is 4.79 Å². The van der Waals surface area contributed by atoms with Gasteiger partial charge in [-0.3, -0.25) is 4.79 Å². The van der Waals surface area contributed by atoms with Crippen molar-refractivity contribution >= 4 is 5.91 Å². The van der Waals surface area contributed by atoms with Crippen LogP contribution in [0.25, 0.3) is 0 Å². The number of unbranched alkanes of at least 4 members (excludes halogenated alkanes) is 1. The SMILES string of the molecule is CCCCNC(=O)/C(C#N)=C\N1CCC(Cc2ccccc2)CC1. The number of rotatable bonds is 7. The predicted molar refractivity (Wildman–Crippen MR) is 96.1 cm³/mol. The quantitative estimate of drug-likeness (QED) is 0.475.